The summed E-state index contributed by atoms with van der Waals surface area (Å²) in [4.78, 5) is 24.4. The predicted octanol–water partition coefficient (Wildman–Crippen LogP) is 1.29. The molecule has 1 heterocycles. The molecule has 2 bridgehead atoms. The van der Waals surface area contributed by atoms with Crippen LogP contribution in [0.25, 0.3) is 0 Å². The van der Waals surface area contributed by atoms with Gasteiger partial charge in [0.2, 0.25) is 0 Å². The Kier molecular flexibility index (Phi) is 1.60. The smallest absolute Gasteiger partial charge is 0.169 e. The number of ether oxygens (including phenoxy) is 1. The molecular weight excluding hydrogens is 216 g/mol. The van der Waals surface area contributed by atoms with Gasteiger partial charge in [0.1, 0.15) is 0 Å². The Balaban J connectivity index is 1.87. The Morgan fingerprint density at radius 1 is 1.00 bits per heavy atom. The number of allylic oxidation sites excluding steroid dienone is 4. The van der Waals surface area contributed by atoms with Gasteiger partial charge < -0.3 is 4.74 Å². The van der Waals surface area contributed by atoms with Crippen LogP contribution in [-0.2, 0) is 14.3 Å². The van der Waals surface area contributed by atoms with Gasteiger partial charge in [0.05, 0.1) is 0 Å². The lowest BCUT2D eigenvalue weighted by atomic mass is 9.72. The minimum absolute atomic E-state index is 0.133. The number of epoxide rings is 1. The zero-order valence-corrected chi connectivity index (χ0v) is 9.84. The van der Waals surface area contributed by atoms with E-state index in [0.717, 1.165) is 0 Å². The zero-order chi connectivity index (χ0) is 11.9. The fourth-order valence-electron chi connectivity index (χ4n) is 4.04. The maximum absolute atomic E-state index is 12.2. The minimum atomic E-state index is -0.407. The summed E-state index contributed by atoms with van der Waals surface area (Å²) in [5.41, 5.74) is 2.57. The molecule has 6 atom stereocenters. The Labute approximate surface area is 99.5 Å². The van der Waals surface area contributed by atoms with Crippen molar-refractivity contribution >= 4 is 11.6 Å². The molecule has 1 aliphatic heterocycles. The summed E-state index contributed by atoms with van der Waals surface area (Å²) in [7, 11) is 0. The van der Waals surface area contributed by atoms with E-state index in [9.17, 15) is 9.59 Å². The number of hydrogen-bond donors (Lipinski definition) is 0. The van der Waals surface area contributed by atoms with Crippen LogP contribution < -0.4 is 0 Å². The molecule has 0 amide bonds. The third-order valence-corrected chi connectivity index (χ3v) is 4.69. The van der Waals surface area contributed by atoms with Crippen LogP contribution in [0.5, 0.6) is 0 Å². The second-order valence-corrected chi connectivity index (χ2v) is 5.73. The van der Waals surface area contributed by atoms with E-state index in [0.29, 0.717) is 0 Å². The van der Waals surface area contributed by atoms with E-state index in [1.165, 1.54) is 11.1 Å². The van der Waals surface area contributed by atoms with Crippen molar-refractivity contribution in [2.24, 2.45) is 23.7 Å². The quantitative estimate of drug-likeness (QED) is 0.465. The van der Waals surface area contributed by atoms with Gasteiger partial charge in [-0.15, -0.1) is 0 Å². The number of rotatable bonds is 0. The Morgan fingerprint density at radius 3 is 1.88 bits per heavy atom. The fraction of sp³-hybridized carbons (Fsp3) is 0.571. The molecule has 0 spiro atoms. The maximum atomic E-state index is 12.2. The number of Topliss-reactive ketones (excluding diaryl/α,β-unsaturated/α-hetero) is 2. The third kappa shape index (κ3) is 0.974. The molecule has 3 nitrogen and oxygen atoms in total. The van der Waals surface area contributed by atoms with Gasteiger partial charge in [-0.1, -0.05) is 23.3 Å². The summed E-state index contributed by atoms with van der Waals surface area (Å²) >= 11 is 0. The van der Waals surface area contributed by atoms with Crippen molar-refractivity contribution in [3.05, 3.63) is 23.3 Å². The van der Waals surface area contributed by atoms with E-state index in [1.807, 2.05) is 0 Å². The van der Waals surface area contributed by atoms with Crippen molar-refractivity contribution in [1.29, 1.82) is 0 Å². The molecule has 0 aromatic heterocycles. The van der Waals surface area contributed by atoms with Crippen molar-refractivity contribution in [2.75, 3.05) is 0 Å². The Hall–Kier alpha value is -1.22. The number of ketones is 2. The average Bonchev–Trinajstić information content (AvgIpc) is 2.89. The molecular formula is C14H14O3. The van der Waals surface area contributed by atoms with E-state index in [1.54, 1.807) is 0 Å². The maximum Gasteiger partial charge on any atom is 0.169 e. The fourth-order valence-corrected chi connectivity index (χ4v) is 4.04. The van der Waals surface area contributed by atoms with Crippen molar-refractivity contribution < 1.29 is 14.3 Å². The molecule has 4 rings (SSSR count). The largest absolute Gasteiger partial charge is 0.353 e. The van der Waals surface area contributed by atoms with Crippen LogP contribution in [0.2, 0.25) is 0 Å². The SMILES string of the molecule is CC(C)=C1[C@H]2C=C[C@H]1[C@@H]1C(=O)[C@@H]3O[C@@H]3C(=O)[C@H]12. The third-order valence-electron chi connectivity index (χ3n) is 4.69. The van der Waals surface area contributed by atoms with E-state index in [4.69, 9.17) is 4.74 Å². The molecule has 3 fully saturated rings. The molecule has 3 aliphatic carbocycles. The van der Waals surface area contributed by atoms with Crippen LogP contribution in [0.15, 0.2) is 23.3 Å². The first kappa shape index (κ1) is 9.77. The van der Waals surface area contributed by atoms with Gasteiger partial charge in [0.25, 0.3) is 0 Å². The standard InChI is InChI=1S/C14H14O3/c1-5(2)8-6-3-4-7(8)10-9(6)11(15)13-14(17-13)12(10)16/h3-4,6-7,9-10,13-14H,1-2H3/t6-,7-,9+,10+,13-,14+/m1/s1. The molecule has 0 radical (unpaired) electrons. The van der Waals surface area contributed by atoms with Crippen LogP contribution in [0, 0.1) is 23.7 Å². The number of carbonyl (C=O) groups excluding carboxylic acids is 2. The van der Waals surface area contributed by atoms with Crippen LogP contribution in [0.4, 0.5) is 0 Å². The van der Waals surface area contributed by atoms with Gasteiger partial charge >= 0.3 is 0 Å². The molecule has 88 valence electrons. The first-order valence-electron chi connectivity index (χ1n) is 6.20. The lowest BCUT2D eigenvalue weighted by molar-refractivity contribution is -0.135. The van der Waals surface area contributed by atoms with Gasteiger partial charge in [0.15, 0.2) is 23.8 Å². The first-order chi connectivity index (χ1) is 8.11. The highest BCUT2D eigenvalue weighted by molar-refractivity contribution is 6.07. The summed E-state index contributed by atoms with van der Waals surface area (Å²) in [6.45, 7) is 4.15. The van der Waals surface area contributed by atoms with Crippen LogP contribution in [0.3, 0.4) is 0 Å². The van der Waals surface area contributed by atoms with Gasteiger partial charge in [-0.25, -0.2) is 0 Å². The molecule has 0 aromatic carbocycles. The molecule has 0 N–H and O–H groups in total. The first-order valence-corrected chi connectivity index (χ1v) is 6.20. The van der Waals surface area contributed by atoms with Gasteiger partial charge in [0, 0.05) is 23.7 Å². The van der Waals surface area contributed by atoms with Gasteiger partial charge in [-0.05, 0) is 13.8 Å². The zero-order valence-electron chi connectivity index (χ0n) is 9.84. The van der Waals surface area contributed by atoms with E-state index in [-0.39, 0.29) is 35.2 Å². The van der Waals surface area contributed by atoms with Crippen molar-refractivity contribution in [1.82, 2.24) is 0 Å². The highest BCUT2D eigenvalue weighted by Crippen LogP contribution is 2.58. The van der Waals surface area contributed by atoms with E-state index in [2.05, 4.69) is 26.0 Å². The summed E-state index contributed by atoms with van der Waals surface area (Å²) < 4.78 is 5.22. The van der Waals surface area contributed by atoms with Gasteiger partial charge in [-0.2, -0.15) is 0 Å². The van der Waals surface area contributed by atoms with E-state index >= 15 is 0 Å². The molecule has 4 aliphatic rings. The molecule has 0 aromatic rings. The number of fused-ring (bicyclic) bond motifs is 6. The second kappa shape index (κ2) is 2.78. The number of carbonyl (C=O) groups is 2. The lowest BCUT2D eigenvalue weighted by Gasteiger charge is -2.26. The highest BCUT2D eigenvalue weighted by atomic mass is 16.6. The van der Waals surface area contributed by atoms with Crippen molar-refractivity contribution in [2.45, 2.75) is 26.1 Å². The second-order valence-electron chi connectivity index (χ2n) is 5.73. The van der Waals surface area contributed by atoms with Crippen molar-refractivity contribution in [3.63, 3.8) is 0 Å². The van der Waals surface area contributed by atoms with Gasteiger partial charge in [-0.3, -0.25) is 9.59 Å². The summed E-state index contributed by atoms with van der Waals surface area (Å²) in [6, 6.07) is 0. The number of hydrogen-bond acceptors (Lipinski definition) is 3. The monoisotopic (exact) mass is 230 g/mol. The average molecular weight is 230 g/mol. The normalized spacial score (nSPS) is 49.4. The highest BCUT2D eigenvalue weighted by Gasteiger charge is 2.67. The molecule has 17 heavy (non-hydrogen) atoms. The molecule has 1 saturated heterocycles. The molecule has 0 unspecified atom stereocenters. The van der Waals surface area contributed by atoms with Crippen LogP contribution in [-0.4, -0.2) is 23.8 Å². The van der Waals surface area contributed by atoms with Crippen molar-refractivity contribution in [3.8, 4) is 0 Å². The van der Waals surface area contributed by atoms with Crippen LogP contribution >= 0.6 is 0 Å². The lowest BCUT2D eigenvalue weighted by Crippen LogP contribution is -2.43. The predicted molar refractivity (Wildman–Crippen MR) is 60.1 cm³/mol. The minimum Gasteiger partial charge on any atom is -0.353 e. The van der Waals surface area contributed by atoms with E-state index < -0.39 is 12.2 Å². The topological polar surface area (TPSA) is 46.7 Å². The summed E-state index contributed by atoms with van der Waals surface area (Å²) in [5.74, 6) is 0.385. The summed E-state index contributed by atoms with van der Waals surface area (Å²) in [5, 5.41) is 0. The molecule has 2 saturated carbocycles. The Morgan fingerprint density at radius 2 is 1.47 bits per heavy atom. The van der Waals surface area contributed by atoms with Crippen LogP contribution in [0.1, 0.15) is 13.8 Å². The Bertz CT molecular complexity index is 472. The summed E-state index contributed by atoms with van der Waals surface area (Å²) in [6.07, 6.45) is 3.41. The molecule has 3 heteroatoms.